The predicted octanol–water partition coefficient (Wildman–Crippen LogP) is 3.33. The van der Waals surface area contributed by atoms with Gasteiger partial charge in [-0.05, 0) is 44.2 Å². The van der Waals surface area contributed by atoms with Crippen molar-refractivity contribution in [3.63, 3.8) is 0 Å². The number of hydrogen-bond acceptors (Lipinski definition) is 3. The zero-order valence-electron chi connectivity index (χ0n) is 12.3. The lowest BCUT2D eigenvalue weighted by Gasteiger charge is -2.06. The largest absolute Gasteiger partial charge is 0.342 e. The zero-order chi connectivity index (χ0) is 15.7. The SMILES string of the molecule is CC(=O)c1cccc(NC(=O)c2ccc3nc(C)[nH]c3c2)c1. The highest BCUT2D eigenvalue weighted by molar-refractivity contribution is 6.06. The number of H-pyrrole nitrogens is 1. The van der Waals surface area contributed by atoms with Crippen molar-refractivity contribution in [1.29, 1.82) is 0 Å². The number of hydrogen-bond donors (Lipinski definition) is 2. The van der Waals surface area contributed by atoms with Gasteiger partial charge in [0, 0.05) is 16.8 Å². The van der Waals surface area contributed by atoms with E-state index in [1.807, 2.05) is 6.92 Å². The van der Waals surface area contributed by atoms with Gasteiger partial charge in [-0.25, -0.2) is 4.98 Å². The molecule has 0 aliphatic heterocycles. The lowest BCUT2D eigenvalue weighted by atomic mass is 10.1. The molecule has 22 heavy (non-hydrogen) atoms. The summed E-state index contributed by atoms with van der Waals surface area (Å²) in [5.41, 5.74) is 3.34. The van der Waals surface area contributed by atoms with Gasteiger partial charge in [0.05, 0.1) is 11.0 Å². The maximum atomic E-state index is 12.3. The number of amides is 1. The molecule has 0 aliphatic rings. The molecule has 2 N–H and O–H groups in total. The lowest BCUT2D eigenvalue weighted by molar-refractivity contribution is 0.101. The number of carbonyl (C=O) groups is 2. The minimum absolute atomic E-state index is 0.0366. The van der Waals surface area contributed by atoms with Gasteiger partial charge in [-0.15, -0.1) is 0 Å². The first-order valence-corrected chi connectivity index (χ1v) is 6.91. The van der Waals surface area contributed by atoms with Gasteiger partial charge < -0.3 is 10.3 Å². The minimum Gasteiger partial charge on any atom is -0.342 e. The van der Waals surface area contributed by atoms with E-state index in [0.29, 0.717) is 16.8 Å². The van der Waals surface area contributed by atoms with Crippen molar-refractivity contribution in [2.75, 3.05) is 5.32 Å². The number of nitrogens with one attached hydrogen (secondary N) is 2. The molecule has 0 bridgehead atoms. The molecular weight excluding hydrogens is 278 g/mol. The van der Waals surface area contributed by atoms with Crippen molar-refractivity contribution in [3.05, 3.63) is 59.4 Å². The van der Waals surface area contributed by atoms with Crippen LogP contribution in [0.4, 0.5) is 5.69 Å². The van der Waals surface area contributed by atoms with Crippen LogP contribution in [0.15, 0.2) is 42.5 Å². The van der Waals surface area contributed by atoms with Crippen LogP contribution in [0.2, 0.25) is 0 Å². The van der Waals surface area contributed by atoms with Crippen molar-refractivity contribution >= 4 is 28.4 Å². The Morgan fingerprint density at radius 1 is 1.09 bits per heavy atom. The molecule has 0 spiro atoms. The Bertz CT molecular complexity index is 880. The van der Waals surface area contributed by atoms with Gasteiger partial charge in [-0.3, -0.25) is 9.59 Å². The van der Waals surface area contributed by atoms with E-state index in [4.69, 9.17) is 0 Å². The molecular formula is C17H15N3O2. The Morgan fingerprint density at radius 2 is 1.91 bits per heavy atom. The minimum atomic E-state index is -0.227. The summed E-state index contributed by atoms with van der Waals surface area (Å²) in [6, 6.07) is 12.2. The third kappa shape index (κ3) is 2.74. The molecule has 3 rings (SSSR count). The molecule has 0 unspecified atom stereocenters. The second kappa shape index (κ2) is 5.44. The van der Waals surface area contributed by atoms with E-state index in [2.05, 4.69) is 15.3 Å². The number of aromatic amines is 1. The number of ketones is 1. The first-order chi connectivity index (χ1) is 10.5. The molecule has 0 radical (unpaired) electrons. The number of imidazole rings is 1. The number of Topliss-reactive ketones (excluding diaryl/α,β-unsaturated/α-hetero) is 1. The van der Waals surface area contributed by atoms with Gasteiger partial charge in [0.25, 0.3) is 5.91 Å². The van der Waals surface area contributed by atoms with Crippen molar-refractivity contribution in [1.82, 2.24) is 9.97 Å². The first-order valence-electron chi connectivity index (χ1n) is 6.91. The molecule has 1 heterocycles. The number of nitrogens with zero attached hydrogens (tertiary/aromatic N) is 1. The van der Waals surface area contributed by atoms with Gasteiger partial charge in [0.2, 0.25) is 0 Å². The molecule has 0 saturated carbocycles. The Hall–Kier alpha value is -2.95. The third-order valence-corrected chi connectivity index (χ3v) is 3.39. The van der Waals surface area contributed by atoms with Crippen molar-refractivity contribution < 1.29 is 9.59 Å². The highest BCUT2D eigenvalue weighted by Crippen LogP contribution is 2.16. The molecule has 5 heteroatoms. The van der Waals surface area contributed by atoms with E-state index in [1.165, 1.54) is 6.92 Å². The molecule has 5 nitrogen and oxygen atoms in total. The summed E-state index contributed by atoms with van der Waals surface area (Å²) in [6.45, 7) is 3.36. The molecule has 1 amide bonds. The first kappa shape index (κ1) is 14.0. The van der Waals surface area contributed by atoms with Crippen LogP contribution in [0.5, 0.6) is 0 Å². The van der Waals surface area contributed by atoms with Gasteiger partial charge in [-0.2, -0.15) is 0 Å². The summed E-state index contributed by atoms with van der Waals surface area (Å²) in [5.74, 6) is 0.544. The van der Waals surface area contributed by atoms with Crippen LogP contribution >= 0.6 is 0 Å². The molecule has 110 valence electrons. The zero-order valence-corrected chi connectivity index (χ0v) is 12.3. The number of aryl methyl sites for hydroxylation is 1. The molecule has 2 aromatic carbocycles. The lowest BCUT2D eigenvalue weighted by Crippen LogP contribution is -2.12. The molecule has 1 aromatic heterocycles. The molecule has 0 saturated heterocycles. The van der Waals surface area contributed by atoms with E-state index >= 15 is 0 Å². The number of rotatable bonds is 3. The average Bonchev–Trinajstić information content (AvgIpc) is 2.86. The van der Waals surface area contributed by atoms with Gasteiger partial charge in [0.15, 0.2) is 5.78 Å². The van der Waals surface area contributed by atoms with Crippen LogP contribution in [0.3, 0.4) is 0 Å². The van der Waals surface area contributed by atoms with Crippen LogP contribution in [0, 0.1) is 6.92 Å². The van der Waals surface area contributed by atoms with Crippen LogP contribution in [0.1, 0.15) is 33.5 Å². The standard InChI is InChI=1S/C17H15N3O2/c1-10(21)12-4-3-5-14(8-12)20-17(22)13-6-7-15-16(9-13)19-11(2)18-15/h3-9H,1-2H3,(H,18,19)(H,20,22). The summed E-state index contributed by atoms with van der Waals surface area (Å²) < 4.78 is 0. The summed E-state index contributed by atoms with van der Waals surface area (Å²) in [7, 11) is 0. The van der Waals surface area contributed by atoms with Gasteiger partial charge >= 0.3 is 0 Å². The third-order valence-electron chi connectivity index (χ3n) is 3.39. The Morgan fingerprint density at radius 3 is 2.68 bits per heavy atom. The summed E-state index contributed by atoms with van der Waals surface area (Å²) in [6.07, 6.45) is 0. The van der Waals surface area contributed by atoms with Crippen LogP contribution in [-0.4, -0.2) is 21.7 Å². The summed E-state index contributed by atoms with van der Waals surface area (Å²) in [4.78, 5) is 31.1. The molecule has 0 fully saturated rings. The van der Waals surface area contributed by atoms with E-state index in [1.54, 1.807) is 42.5 Å². The van der Waals surface area contributed by atoms with E-state index in [0.717, 1.165) is 16.9 Å². The molecule has 0 atom stereocenters. The second-order valence-electron chi connectivity index (χ2n) is 5.15. The second-order valence-corrected chi connectivity index (χ2v) is 5.15. The fraction of sp³-hybridized carbons (Fsp3) is 0.118. The number of carbonyl (C=O) groups excluding carboxylic acids is 2. The fourth-order valence-corrected chi connectivity index (χ4v) is 2.30. The number of aromatic nitrogens is 2. The van der Waals surface area contributed by atoms with Crippen LogP contribution < -0.4 is 5.32 Å². The van der Waals surface area contributed by atoms with Crippen molar-refractivity contribution in [3.8, 4) is 0 Å². The number of fused-ring (bicyclic) bond motifs is 1. The predicted molar refractivity (Wildman–Crippen MR) is 85.2 cm³/mol. The smallest absolute Gasteiger partial charge is 0.255 e. The quantitative estimate of drug-likeness (QED) is 0.727. The van der Waals surface area contributed by atoms with E-state index < -0.39 is 0 Å². The summed E-state index contributed by atoms with van der Waals surface area (Å²) in [5, 5.41) is 2.80. The van der Waals surface area contributed by atoms with Crippen molar-refractivity contribution in [2.24, 2.45) is 0 Å². The highest BCUT2D eigenvalue weighted by Gasteiger charge is 2.09. The van der Waals surface area contributed by atoms with Gasteiger partial charge in [-0.1, -0.05) is 12.1 Å². The Labute approximate surface area is 127 Å². The van der Waals surface area contributed by atoms with E-state index in [9.17, 15) is 9.59 Å². The highest BCUT2D eigenvalue weighted by atomic mass is 16.1. The van der Waals surface area contributed by atoms with E-state index in [-0.39, 0.29) is 11.7 Å². The Balaban J connectivity index is 1.86. The van der Waals surface area contributed by atoms with Crippen LogP contribution in [0.25, 0.3) is 11.0 Å². The normalized spacial score (nSPS) is 10.6. The maximum Gasteiger partial charge on any atom is 0.255 e. The van der Waals surface area contributed by atoms with Gasteiger partial charge in [0.1, 0.15) is 5.82 Å². The summed E-state index contributed by atoms with van der Waals surface area (Å²) >= 11 is 0. The molecule has 0 aliphatic carbocycles. The van der Waals surface area contributed by atoms with Crippen molar-refractivity contribution in [2.45, 2.75) is 13.8 Å². The molecule has 3 aromatic rings. The number of benzene rings is 2. The topological polar surface area (TPSA) is 74.8 Å². The Kier molecular flexibility index (Phi) is 3.47. The maximum absolute atomic E-state index is 12.3. The monoisotopic (exact) mass is 293 g/mol. The number of anilines is 1. The average molecular weight is 293 g/mol. The fourth-order valence-electron chi connectivity index (χ4n) is 2.30. The van der Waals surface area contributed by atoms with Crippen LogP contribution in [-0.2, 0) is 0 Å².